The molecule has 0 fully saturated rings. The zero-order chi connectivity index (χ0) is 19.5. The molecule has 2 aromatic rings. The lowest BCUT2D eigenvalue weighted by atomic mass is 10.1. The molecule has 4 rings (SSSR count). The van der Waals surface area contributed by atoms with Crippen LogP contribution in [0.15, 0.2) is 53.2 Å². The molecule has 2 aliphatic rings. The van der Waals surface area contributed by atoms with Crippen LogP contribution in [-0.2, 0) is 4.79 Å². The third-order valence-corrected chi connectivity index (χ3v) is 5.21. The Morgan fingerprint density at radius 1 is 1.21 bits per heavy atom. The maximum Gasteiger partial charge on any atom is 0.283 e. The van der Waals surface area contributed by atoms with Gasteiger partial charge in [-0.3, -0.25) is 9.69 Å². The molecule has 0 saturated heterocycles. The van der Waals surface area contributed by atoms with Crippen LogP contribution in [0.25, 0.3) is 6.08 Å². The second kappa shape index (κ2) is 7.79. The summed E-state index contributed by atoms with van der Waals surface area (Å²) in [5, 5.41) is 9.39. The summed E-state index contributed by atoms with van der Waals surface area (Å²) >= 11 is 1.40. The minimum Gasteiger partial charge on any atom is -0.454 e. The van der Waals surface area contributed by atoms with Crippen LogP contribution < -0.4 is 14.4 Å². The van der Waals surface area contributed by atoms with Gasteiger partial charge in [-0.2, -0.15) is 5.26 Å². The molecule has 0 saturated carbocycles. The van der Waals surface area contributed by atoms with E-state index in [2.05, 4.69) is 11.1 Å². The highest BCUT2D eigenvalue weighted by atomic mass is 32.2. The van der Waals surface area contributed by atoms with Gasteiger partial charge in [-0.25, -0.2) is 4.99 Å². The van der Waals surface area contributed by atoms with E-state index in [1.807, 2.05) is 49.4 Å². The fourth-order valence-electron chi connectivity index (χ4n) is 2.86. The number of fused-ring (bicyclic) bond motifs is 1. The number of anilines is 1. The van der Waals surface area contributed by atoms with Crippen molar-refractivity contribution in [3.05, 3.63) is 59.3 Å². The highest BCUT2D eigenvalue weighted by molar-refractivity contribution is 8.14. The Bertz CT molecular complexity index is 1020. The molecule has 2 aliphatic heterocycles. The van der Waals surface area contributed by atoms with E-state index in [4.69, 9.17) is 14.7 Å². The Balaban J connectivity index is 1.66. The van der Waals surface area contributed by atoms with Gasteiger partial charge in [0.1, 0.15) is 5.70 Å². The molecule has 1 amide bonds. The number of carbonyl (C=O) groups is 1. The topological polar surface area (TPSA) is 74.9 Å². The van der Waals surface area contributed by atoms with Gasteiger partial charge in [-0.05, 0) is 42.8 Å². The van der Waals surface area contributed by atoms with E-state index < -0.39 is 0 Å². The number of rotatable bonds is 4. The van der Waals surface area contributed by atoms with Crippen LogP contribution in [0, 0.1) is 18.3 Å². The Morgan fingerprint density at radius 2 is 2.00 bits per heavy atom. The Labute approximate surface area is 167 Å². The van der Waals surface area contributed by atoms with Crippen molar-refractivity contribution in [2.75, 3.05) is 17.4 Å². The number of amides is 1. The van der Waals surface area contributed by atoms with Crippen LogP contribution in [0.2, 0.25) is 0 Å². The normalized spacial score (nSPS) is 16.4. The average Bonchev–Trinajstić information content (AvgIpc) is 3.28. The van der Waals surface area contributed by atoms with Gasteiger partial charge < -0.3 is 9.47 Å². The maximum atomic E-state index is 13.1. The minimum absolute atomic E-state index is 0.194. The van der Waals surface area contributed by atoms with Gasteiger partial charge in [0.15, 0.2) is 16.7 Å². The molecule has 0 unspecified atom stereocenters. The zero-order valence-electron chi connectivity index (χ0n) is 15.2. The number of aryl methyl sites for hydroxylation is 1. The summed E-state index contributed by atoms with van der Waals surface area (Å²) in [7, 11) is 0. The molecule has 0 aliphatic carbocycles. The first-order chi connectivity index (χ1) is 13.7. The van der Waals surface area contributed by atoms with Crippen molar-refractivity contribution in [1.29, 1.82) is 5.26 Å². The first-order valence-corrected chi connectivity index (χ1v) is 9.75. The first-order valence-electron chi connectivity index (χ1n) is 8.76. The second-order valence-corrected chi connectivity index (χ2v) is 7.33. The fraction of sp³-hybridized carbons (Fsp3) is 0.190. The third kappa shape index (κ3) is 3.59. The Kier molecular flexibility index (Phi) is 5.04. The Morgan fingerprint density at radius 3 is 2.79 bits per heavy atom. The number of thioether (sulfide) groups is 1. The van der Waals surface area contributed by atoms with Crippen molar-refractivity contribution in [3.63, 3.8) is 0 Å². The van der Waals surface area contributed by atoms with Crippen LogP contribution in [0.4, 0.5) is 5.69 Å². The van der Waals surface area contributed by atoms with E-state index in [1.165, 1.54) is 11.8 Å². The van der Waals surface area contributed by atoms with Crippen LogP contribution in [0.1, 0.15) is 17.5 Å². The number of hydrogen-bond acceptors (Lipinski definition) is 6. The Hall–Kier alpha value is -3.24. The van der Waals surface area contributed by atoms with Gasteiger partial charge in [-0.1, -0.05) is 35.5 Å². The number of amidine groups is 1. The van der Waals surface area contributed by atoms with Crippen molar-refractivity contribution in [1.82, 2.24) is 0 Å². The van der Waals surface area contributed by atoms with Gasteiger partial charge in [0.25, 0.3) is 5.91 Å². The summed E-state index contributed by atoms with van der Waals surface area (Å²) in [6.45, 7) is 2.20. The summed E-state index contributed by atoms with van der Waals surface area (Å²) in [6, 6.07) is 15.3. The molecule has 0 spiro atoms. The first kappa shape index (κ1) is 18.1. The number of benzene rings is 2. The largest absolute Gasteiger partial charge is 0.454 e. The third-order valence-electron chi connectivity index (χ3n) is 4.27. The molecular weight excluding hydrogens is 374 g/mol. The van der Waals surface area contributed by atoms with Gasteiger partial charge in [0, 0.05) is 12.2 Å². The van der Waals surface area contributed by atoms with Crippen LogP contribution in [-0.4, -0.2) is 23.6 Å². The summed E-state index contributed by atoms with van der Waals surface area (Å²) in [5.41, 5.74) is 3.03. The van der Waals surface area contributed by atoms with Gasteiger partial charge in [0.05, 0.1) is 11.8 Å². The van der Waals surface area contributed by atoms with Crippen molar-refractivity contribution in [2.24, 2.45) is 4.99 Å². The van der Waals surface area contributed by atoms with Crippen molar-refractivity contribution >= 4 is 34.6 Å². The number of hydrogen-bond donors (Lipinski definition) is 0. The fourth-order valence-corrected chi connectivity index (χ4v) is 3.72. The minimum atomic E-state index is -0.194. The lowest BCUT2D eigenvalue weighted by Crippen LogP contribution is -2.30. The van der Waals surface area contributed by atoms with E-state index in [-0.39, 0.29) is 12.7 Å². The highest BCUT2D eigenvalue weighted by Gasteiger charge is 2.32. The summed E-state index contributed by atoms with van der Waals surface area (Å²) in [4.78, 5) is 19.2. The molecule has 0 N–H and O–H groups in total. The smallest absolute Gasteiger partial charge is 0.283 e. The molecule has 28 heavy (non-hydrogen) atoms. The number of nitriles is 1. The predicted molar refractivity (Wildman–Crippen MR) is 109 cm³/mol. The molecule has 0 atom stereocenters. The number of ether oxygens (including phenoxy) is 2. The number of nitrogens with zero attached hydrogens (tertiary/aromatic N) is 3. The molecule has 2 heterocycles. The van der Waals surface area contributed by atoms with Crippen molar-refractivity contribution in [3.8, 4) is 17.6 Å². The lowest BCUT2D eigenvalue weighted by Gasteiger charge is -2.17. The van der Waals surface area contributed by atoms with Crippen LogP contribution in [0.5, 0.6) is 11.5 Å². The lowest BCUT2D eigenvalue weighted by molar-refractivity contribution is -0.113. The van der Waals surface area contributed by atoms with E-state index in [9.17, 15) is 4.79 Å². The molecule has 7 heteroatoms. The van der Waals surface area contributed by atoms with Gasteiger partial charge in [0.2, 0.25) is 6.79 Å². The monoisotopic (exact) mass is 391 g/mol. The SMILES string of the molecule is Cc1ccc(N2C(=O)/C(=C\c3ccc4c(c3)OCO4)N=C2SCCC#N)cc1. The number of aliphatic imine (C=N–C) groups is 1. The van der Waals surface area contributed by atoms with E-state index >= 15 is 0 Å². The van der Waals surface area contributed by atoms with Gasteiger partial charge in [-0.15, -0.1) is 0 Å². The van der Waals surface area contributed by atoms with Crippen LogP contribution >= 0.6 is 11.8 Å². The molecule has 0 aromatic heterocycles. The summed E-state index contributed by atoms with van der Waals surface area (Å²) in [6.07, 6.45) is 2.13. The van der Waals surface area contributed by atoms with E-state index in [0.717, 1.165) is 16.8 Å². The maximum absolute atomic E-state index is 13.1. The second-order valence-electron chi connectivity index (χ2n) is 6.27. The van der Waals surface area contributed by atoms with Crippen molar-refractivity contribution < 1.29 is 14.3 Å². The molecule has 0 radical (unpaired) electrons. The molecule has 6 nitrogen and oxygen atoms in total. The molecule has 2 aromatic carbocycles. The molecule has 0 bridgehead atoms. The quantitative estimate of drug-likeness (QED) is 0.579. The predicted octanol–water partition coefficient (Wildman–Crippen LogP) is 4.11. The number of carbonyl (C=O) groups excluding carboxylic acids is 1. The van der Waals surface area contributed by atoms with Crippen molar-refractivity contribution in [2.45, 2.75) is 13.3 Å². The van der Waals surface area contributed by atoms with E-state index in [1.54, 1.807) is 11.0 Å². The summed E-state index contributed by atoms with van der Waals surface area (Å²) in [5.74, 6) is 1.73. The standard InChI is InChI=1S/C21H17N3O3S/c1-14-3-6-16(7-4-14)24-20(25)17(23-21(24)28-10-2-9-22)11-15-5-8-18-19(12-15)27-13-26-18/h3-8,11-12H,2,10,13H2,1H3/b17-11+. The molecular formula is C21H17N3O3S. The zero-order valence-corrected chi connectivity index (χ0v) is 16.0. The highest BCUT2D eigenvalue weighted by Crippen LogP contribution is 2.34. The average molecular weight is 391 g/mol. The van der Waals surface area contributed by atoms with Crippen LogP contribution in [0.3, 0.4) is 0 Å². The molecule has 140 valence electrons. The van der Waals surface area contributed by atoms with E-state index in [0.29, 0.717) is 34.5 Å². The van der Waals surface area contributed by atoms with Gasteiger partial charge >= 0.3 is 0 Å². The summed E-state index contributed by atoms with van der Waals surface area (Å²) < 4.78 is 10.7.